The SMILES string of the molecule is COC(=O)[C@@H]1CC(NC(=O)C2CCC(C(=O)N[C@H]3C[C@@H](C(=O)OC)N(C(=O)[C@@H](N)C4CCCCC4)C3)CC2)CN1C(=O)[C@@H](N)C1CCCCC1. The van der Waals surface area contributed by atoms with Crippen molar-refractivity contribution in [1.29, 1.82) is 0 Å². The summed E-state index contributed by atoms with van der Waals surface area (Å²) in [6, 6.07) is -3.77. The van der Waals surface area contributed by atoms with E-state index in [4.69, 9.17) is 20.9 Å². The number of rotatable bonds is 10. The number of nitrogens with zero attached hydrogens (tertiary/aromatic N) is 2. The summed E-state index contributed by atoms with van der Waals surface area (Å²) in [4.78, 5) is 81.9. The van der Waals surface area contributed by atoms with Crippen LogP contribution in [-0.4, -0.2) is 109 Å². The zero-order valence-corrected chi connectivity index (χ0v) is 29.8. The number of hydrogen-bond acceptors (Lipinski definition) is 10. The average Bonchev–Trinajstić information content (AvgIpc) is 3.78. The maximum absolute atomic E-state index is 13.4. The van der Waals surface area contributed by atoms with Crippen molar-refractivity contribution in [2.45, 2.75) is 139 Å². The molecule has 2 aliphatic heterocycles. The Morgan fingerprint density at radius 2 is 0.900 bits per heavy atom. The summed E-state index contributed by atoms with van der Waals surface area (Å²) in [5.41, 5.74) is 12.8. The first kappa shape index (κ1) is 38.0. The lowest BCUT2D eigenvalue weighted by atomic mass is 9.81. The molecular formula is C36H58N6O8. The predicted molar refractivity (Wildman–Crippen MR) is 183 cm³/mol. The van der Waals surface area contributed by atoms with Crippen molar-refractivity contribution in [2.75, 3.05) is 27.3 Å². The van der Waals surface area contributed by atoms with Crippen LogP contribution in [-0.2, 0) is 38.2 Å². The first-order valence-corrected chi connectivity index (χ1v) is 18.9. The van der Waals surface area contributed by atoms with Gasteiger partial charge < -0.3 is 41.4 Å². The highest BCUT2D eigenvalue weighted by Crippen LogP contribution is 2.33. The lowest BCUT2D eigenvalue weighted by molar-refractivity contribution is -0.152. The molecule has 14 heteroatoms. The fraction of sp³-hybridized carbons (Fsp3) is 0.833. The van der Waals surface area contributed by atoms with Gasteiger partial charge in [0.2, 0.25) is 23.6 Å². The molecule has 14 nitrogen and oxygen atoms in total. The maximum atomic E-state index is 13.4. The third-order valence-electron chi connectivity index (χ3n) is 12.2. The number of esters is 2. The zero-order valence-electron chi connectivity index (χ0n) is 29.8. The molecule has 0 aromatic rings. The summed E-state index contributed by atoms with van der Waals surface area (Å²) in [5.74, 6) is -2.29. The summed E-state index contributed by atoms with van der Waals surface area (Å²) in [7, 11) is 2.58. The van der Waals surface area contributed by atoms with Crippen molar-refractivity contribution in [2.24, 2.45) is 35.1 Å². The molecule has 0 spiro atoms. The van der Waals surface area contributed by atoms with Crippen LogP contribution < -0.4 is 22.1 Å². The molecule has 6 atom stereocenters. The summed E-state index contributed by atoms with van der Waals surface area (Å²) in [6.45, 7) is 0.392. The lowest BCUT2D eigenvalue weighted by Crippen LogP contribution is -2.52. The summed E-state index contributed by atoms with van der Waals surface area (Å²) in [6.07, 6.45) is 12.6. The Kier molecular flexibility index (Phi) is 13.1. The molecule has 2 heterocycles. The van der Waals surface area contributed by atoms with Crippen molar-refractivity contribution in [3.8, 4) is 0 Å². The topological polar surface area (TPSA) is 203 Å². The van der Waals surface area contributed by atoms with Crippen LogP contribution in [0.25, 0.3) is 0 Å². The molecule has 2 saturated heterocycles. The van der Waals surface area contributed by atoms with Crippen LogP contribution in [0.15, 0.2) is 0 Å². The van der Waals surface area contributed by atoms with Crippen LogP contribution in [0.3, 0.4) is 0 Å². The van der Waals surface area contributed by atoms with Crippen molar-refractivity contribution < 1.29 is 38.2 Å². The lowest BCUT2D eigenvalue weighted by Gasteiger charge is -2.32. The van der Waals surface area contributed by atoms with Gasteiger partial charge in [-0.3, -0.25) is 19.2 Å². The minimum atomic E-state index is -0.796. The first-order valence-electron chi connectivity index (χ1n) is 18.9. The Morgan fingerprint density at radius 3 is 1.22 bits per heavy atom. The molecule has 0 aromatic heterocycles. The number of amides is 4. The van der Waals surface area contributed by atoms with E-state index in [-0.39, 0.29) is 73.2 Å². The molecular weight excluding hydrogens is 644 g/mol. The van der Waals surface area contributed by atoms with E-state index in [1.165, 1.54) is 24.0 Å². The minimum absolute atomic E-state index is 0.0875. The van der Waals surface area contributed by atoms with E-state index in [1.807, 2.05) is 0 Å². The molecule has 5 fully saturated rings. The fourth-order valence-electron chi connectivity index (χ4n) is 9.12. The van der Waals surface area contributed by atoms with E-state index in [0.717, 1.165) is 64.2 Å². The van der Waals surface area contributed by atoms with Crippen LogP contribution in [0.2, 0.25) is 0 Å². The van der Waals surface area contributed by atoms with E-state index in [0.29, 0.717) is 25.7 Å². The van der Waals surface area contributed by atoms with Gasteiger partial charge in [-0.2, -0.15) is 0 Å². The van der Waals surface area contributed by atoms with Gasteiger partial charge in [0, 0.05) is 49.9 Å². The van der Waals surface area contributed by atoms with Crippen molar-refractivity contribution in [3.63, 3.8) is 0 Å². The molecule has 3 saturated carbocycles. The molecule has 280 valence electrons. The number of likely N-dealkylation sites (tertiary alicyclic amines) is 2. The molecule has 6 N–H and O–H groups in total. The first-order chi connectivity index (χ1) is 24.0. The second-order valence-corrected chi connectivity index (χ2v) is 15.3. The highest BCUT2D eigenvalue weighted by atomic mass is 16.5. The fourth-order valence-corrected chi connectivity index (χ4v) is 9.12. The smallest absolute Gasteiger partial charge is 0.328 e. The van der Waals surface area contributed by atoms with E-state index in [1.54, 1.807) is 0 Å². The molecule has 4 amide bonds. The molecule has 0 bridgehead atoms. The van der Waals surface area contributed by atoms with Gasteiger partial charge in [-0.05, 0) is 63.2 Å². The number of carbonyl (C=O) groups excluding carboxylic acids is 6. The number of nitrogens with two attached hydrogens (primary N) is 2. The molecule has 0 aromatic carbocycles. The summed E-state index contributed by atoms with van der Waals surface area (Å²) in [5, 5.41) is 6.12. The highest BCUT2D eigenvalue weighted by Gasteiger charge is 2.46. The number of ether oxygens (including phenoxy) is 2. The zero-order chi connectivity index (χ0) is 35.9. The third kappa shape index (κ3) is 8.78. The van der Waals surface area contributed by atoms with Crippen LogP contribution in [0.5, 0.6) is 0 Å². The molecule has 1 unspecified atom stereocenters. The normalized spacial score (nSPS) is 30.6. The Bertz CT molecular complexity index is 1150. The Hall–Kier alpha value is -3.26. The molecule has 5 rings (SSSR count). The summed E-state index contributed by atoms with van der Waals surface area (Å²) >= 11 is 0. The van der Waals surface area contributed by atoms with Crippen molar-refractivity contribution >= 4 is 35.6 Å². The number of methoxy groups -OCH3 is 2. The number of carbonyl (C=O) groups is 6. The van der Waals surface area contributed by atoms with Gasteiger partial charge in [0.05, 0.1) is 26.3 Å². The number of hydrogen-bond donors (Lipinski definition) is 4. The second-order valence-electron chi connectivity index (χ2n) is 15.3. The van der Waals surface area contributed by atoms with Crippen LogP contribution >= 0.6 is 0 Å². The van der Waals surface area contributed by atoms with E-state index in [2.05, 4.69) is 10.6 Å². The Morgan fingerprint density at radius 1 is 0.560 bits per heavy atom. The second kappa shape index (κ2) is 17.3. The maximum Gasteiger partial charge on any atom is 0.328 e. The van der Waals surface area contributed by atoms with E-state index in [9.17, 15) is 28.8 Å². The van der Waals surface area contributed by atoms with Gasteiger partial charge >= 0.3 is 11.9 Å². The van der Waals surface area contributed by atoms with Crippen LogP contribution in [0.1, 0.15) is 103 Å². The molecule has 5 aliphatic rings. The monoisotopic (exact) mass is 702 g/mol. The van der Waals surface area contributed by atoms with Gasteiger partial charge in [0.25, 0.3) is 0 Å². The summed E-state index contributed by atoms with van der Waals surface area (Å²) < 4.78 is 9.99. The Balaban J connectivity index is 1.10. The highest BCUT2D eigenvalue weighted by molar-refractivity contribution is 5.90. The van der Waals surface area contributed by atoms with Gasteiger partial charge in [0.15, 0.2) is 0 Å². The van der Waals surface area contributed by atoms with Crippen LogP contribution in [0, 0.1) is 23.7 Å². The molecule has 50 heavy (non-hydrogen) atoms. The third-order valence-corrected chi connectivity index (χ3v) is 12.2. The van der Waals surface area contributed by atoms with Crippen LogP contribution in [0.4, 0.5) is 0 Å². The largest absolute Gasteiger partial charge is 0.467 e. The number of nitrogens with one attached hydrogen (secondary N) is 2. The van der Waals surface area contributed by atoms with Gasteiger partial charge in [0.1, 0.15) is 12.1 Å². The molecule has 0 radical (unpaired) electrons. The van der Waals surface area contributed by atoms with Gasteiger partial charge in [-0.1, -0.05) is 38.5 Å². The predicted octanol–water partition coefficient (Wildman–Crippen LogP) is 1.13. The van der Waals surface area contributed by atoms with Gasteiger partial charge in [-0.15, -0.1) is 0 Å². The minimum Gasteiger partial charge on any atom is -0.467 e. The van der Waals surface area contributed by atoms with Crippen molar-refractivity contribution in [3.05, 3.63) is 0 Å². The van der Waals surface area contributed by atoms with Gasteiger partial charge in [-0.25, -0.2) is 9.59 Å². The molecule has 3 aliphatic carbocycles. The van der Waals surface area contributed by atoms with Crippen molar-refractivity contribution in [1.82, 2.24) is 20.4 Å². The standard InChI is InChI=1S/C36H58N6O8/c1-49-35(47)27-17-25(19-41(27)33(45)29(37)21-9-5-3-6-10-21)39-31(43)23-13-15-24(16-14-23)32(44)40-26-18-28(36(48)50-2)42(20-26)34(46)30(38)22-11-7-4-8-12-22/h21-30H,3-20,37-38H2,1-2H3,(H,39,43)(H,40,44)/t23?,24?,25-,26?,27-,28-,29-,30-/m0/s1. The Labute approximate surface area is 295 Å². The average molecular weight is 703 g/mol. The quantitative estimate of drug-likeness (QED) is 0.239. The van der Waals surface area contributed by atoms with E-state index >= 15 is 0 Å². The van der Waals surface area contributed by atoms with E-state index < -0.39 is 48.2 Å².